The quantitative estimate of drug-likeness (QED) is 0.595. The fourth-order valence-electron chi connectivity index (χ4n) is 3.52. The summed E-state index contributed by atoms with van der Waals surface area (Å²) in [6.07, 6.45) is 0.893. The number of hydrogen-bond donors (Lipinski definition) is 1. The molecule has 0 bridgehead atoms. The van der Waals surface area contributed by atoms with Crippen molar-refractivity contribution in [3.05, 3.63) is 59.1 Å². The van der Waals surface area contributed by atoms with Crippen LogP contribution in [-0.2, 0) is 14.8 Å². The summed E-state index contributed by atoms with van der Waals surface area (Å²) in [4.78, 5) is 12.9. The zero-order valence-corrected chi connectivity index (χ0v) is 19.2. The predicted molar refractivity (Wildman–Crippen MR) is 122 cm³/mol. The molecule has 10 heteroatoms. The van der Waals surface area contributed by atoms with Gasteiger partial charge in [0.05, 0.1) is 4.90 Å². The Balaban J connectivity index is 1.37. The van der Waals surface area contributed by atoms with Gasteiger partial charge in [-0.25, -0.2) is 8.42 Å². The molecular weight excluding hydrogens is 456 g/mol. The normalized spacial score (nSPS) is 15.7. The van der Waals surface area contributed by atoms with Gasteiger partial charge in [-0.05, 0) is 49.6 Å². The smallest absolute Gasteiger partial charge is 0.243 e. The third-order valence-electron chi connectivity index (χ3n) is 5.31. The molecule has 2 heterocycles. The largest absolute Gasteiger partial charge is 0.300 e. The first-order valence-electron chi connectivity index (χ1n) is 9.80. The summed E-state index contributed by atoms with van der Waals surface area (Å²) in [6.45, 7) is 2.57. The lowest BCUT2D eigenvalue weighted by molar-refractivity contribution is -0.120. The molecular formula is C21H21ClN4O3S2. The van der Waals surface area contributed by atoms with E-state index in [0.717, 1.165) is 16.1 Å². The molecule has 1 fully saturated rings. The van der Waals surface area contributed by atoms with Gasteiger partial charge in [0.25, 0.3) is 0 Å². The first-order valence-corrected chi connectivity index (χ1v) is 12.4. The minimum Gasteiger partial charge on any atom is -0.300 e. The van der Waals surface area contributed by atoms with Gasteiger partial charge < -0.3 is 5.32 Å². The van der Waals surface area contributed by atoms with E-state index in [-0.39, 0.29) is 29.8 Å². The molecule has 1 N–H and O–H groups in total. The number of hydrogen-bond acceptors (Lipinski definition) is 6. The van der Waals surface area contributed by atoms with Gasteiger partial charge in [-0.3, -0.25) is 4.79 Å². The fraction of sp³-hybridized carbons (Fsp3) is 0.286. The van der Waals surface area contributed by atoms with Crippen molar-refractivity contribution in [2.45, 2.75) is 24.7 Å². The Kier molecular flexibility index (Phi) is 6.38. The first-order chi connectivity index (χ1) is 14.8. The Labute approximate surface area is 190 Å². The maximum Gasteiger partial charge on any atom is 0.243 e. The highest BCUT2D eigenvalue weighted by Crippen LogP contribution is 2.30. The van der Waals surface area contributed by atoms with Crippen molar-refractivity contribution in [3.63, 3.8) is 0 Å². The van der Waals surface area contributed by atoms with E-state index in [2.05, 4.69) is 15.5 Å². The molecule has 0 radical (unpaired) electrons. The van der Waals surface area contributed by atoms with Crippen LogP contribution in [0.3, 0.4) is 0 Å². The van der Waals surface area contributed by atoms with E-state index in [1.54, 1.807) is 12.1 Å². The molecule has 3 aromatic rings. The summed E-state index contributed by atoms with van der Waals surface area (Å²) in [7, 11) is -3.60. The van der Waals surface area contributed by atoms with Crippen LogP contribution in [-0.4, -0.2) is 41.9 Å². The van der Waals surface area contributed by atoms with Crippen molar-refractivity contribution in [1.82, 2.24) is 14.5 Å². The summed E-state index contributed by atoms with van der Waals surface area (Å²) in [5, 5.41) is 12.8. The van der Waals surface area contributed by atoms with Crippen molar-refractivity contribution >= 4 is 44.0 Å². The topological polar surface area (TPSA) is 92.3 Å². The van der Waals surface area contributed by atoms with E-state index in [1.165, 1.54) is 27.8 Å². The fourth-order valence-corrected chi connectivity index (χ4v) is 5.95. The first kappa shape index (κ1) is 21.9. The van der Waals surface area contributed by atoms with Gasteiger partial charge in [-0.1, -0.05) is 47.2 Å². The van der Waals surface area contributed by atoms with Crippen LogP contribution in [0, 0.1) is 12.8 Å². The van der Waals surface area contributed by atoms with E-state index in [1.807, 2.05) is 31.2 Å². The van der Waals surface area contributed by atoms with Gasteiger partial charge in [0.15, 0.2) is 0 Å². The number of piperidine rings is 1. The molecule has 1 aliphatic rings. The van der Waals surface area contributed by atoms with Gasteiger partial charge in [-0.2, -0.15) is 4.31 Å². The molecule has 31 heavy (non-hydrogen) atoms. The number of anilines is 1. The lowest BCUT2D eigenvalue weighted by Crippen LogP contribution is -2.41. The van der Waals surface area contributed by atoms with Crippen LogP contribution in [0.4, 0.5) is 5.13 Å². The minimum absolute atomic E-state index is 0.156. The Morgan fingerprint density at radius 1 is 1.10 bits per heavy atom. The second-order valence-corrected chi connectivity index (χ2v) is 10.7. The predicted octanol–water partition coefficient (Wildman–Crippen LogP) is 4.21. The average Bonchev–Trinajstić information content (AvgIpc) is 3.22. The second-order valence-electron chi connectivity index (χ2n) is 7.35. The van der Waals surface area contributed by atoms with E-state index >= 15 is 0 Å². The monoisotopic (exact) mass is 476 g/mol. The van der Waals surface area contributed by atoms with Crippen LogP contribution >= 0.6 is 22.9 Å². The zero-order valence-electron chi connectivity index (χ0n) is 16.8. The Morgan fingerprint density at radius 2 is 1.77 bits per heavy atom. The number of aryl methyl sites for hydroxylation is 1. The van der Waals surface area contributed by atoms with Gasteiger partial charge in [-0.15, -0.1) is 10.2 Å². The Hall–Kier alpha value is -2.33. The van der Waals surface area contributed by atoms with Crippen molar-refractivity contribution in [2.24, 2.45) is 5.92 Å². The number of nitrogens with one attached hydrogen (secondary N) is 1. The lowest BCUT2D eigenvalue weighted by Gasteiger charge is -2.30. The maximum absolute atomic E-state index is 12.8. The van der Waals surface area contributed by atoms with E-state index in [0.29, 0.717) is 23.0 Å². The number of aromatic nitrogens is 2. The van der Waals surface area contributed by atoms with Gasteiger partial charge in [0.2, 0.25) is 21.1 Å². The number of halogens is 1. The molecule has 2 aromatic carbocycles. The second kappa shape index (κ2) is 9.04. The molecule has 4 rings (SSSR count). The standard InChI is InChI=1S/C21H21ClN4O3S2/c1-14-4-2-3-5-18(14)20-24-25-21(30-20)23-19(27)15-10-12-26(13-11-15)31(28,29)17-8-6-16(22)7-9-17/h2-9,15H,10-13H2,1H3,(H,23,25,27). The summed E-state index contributed by atoms with van der Waals surface area (Å²) in [5.41, 5.74) is 2.08. The molecule has 0 atom stereocenters. The molecule has 0 spiro atoms. The molecule has 0 aliphatic carbocycles. The highest BCUT2D eigenvalue weighted by Gasteiger charge is 2.32. The van der Waals surface area contributed by atoms with E-state index in [4.69, 9.17) is 11.6 Å². The number of carbonyl (C=O) groups excluding carboxylic acids is 1. The lowest BCUT2D eigenvalue weighted by atomic mass is 9.97. The van der Waals surface area contributed by atoms with E-state index in [9.17, 15) is 13.2 Å². The number of rotatable bonds is 5. The number of nitrogens with zero attached hydrogens (tertiary/aromatic N) is 3. The van der Waals surface area contributed by atoms with Crippen molar-refractivity contribution in [1.29, 1.82) is 0 Å². The summed E-state index contributed by atoms with van der Waals surface area (Å²) < 4.78 is 27.0. The number of benzene rings is 2. The highest BCUT2D eigenvalue weighted by molar-refractivity contribution is 7.89. The van der Waals surface area contributed by atoms with Crippen LogP contribution in [0.5, 0.6) is 0 Å². The Bertz CT molecular complexity index is 1190. The summed E-state index contributed by atoms with van der Waals surface area (Å²) >= 11 is 7.17. The SMILES string of the molecule is Cc1ccccc1-c1nnc(NC(=O)C2CCN(S(=O)(=O)c3ccc(Cl)cc3)CC2)s1. The molecule has 1 aromatic heterocycles. The molecule has 0 saturated carbocycles. The van der Waals surface area contributed by atoms with Gasteiger partial charge in [0, 0.05) is 29.6 Å². The van der Waals surface area contributed by atoms with Crippen molar-refractivity contribution in [3.8, 4) is 10.6 Å². The molecule has 162 valence electrons. The third-order valence-corrected chi connectivity index (χ3v) is 8.34. The average molecular weight is 477 g/mol. The number of amides is 1. The van der Waals surface area contributed by atoms with Crippen LogP contribution in [0.25, 0.3) is 10.6 Å². The summed E-state index contributed by atoms with van der Waals surface area (Å²) in [5.74, 6) is -0.432. The third kappa shape index (κ3) is 4.79. The van der Waals surface area contributed by atoms with Crippen molar-refractivity contribution < 1.29 is 13.2 Å². The molecule has 1 saturated heterocycles. The zero-order chi connectivity index (χ0) is 22.0. The molecule has 0 unspecified atom stereocenters. The summed E-state index contributed by atoms with van der Waals surface area (Å²) in [6, 6.07) is 14.0. The van der Waals surface area contributed by atoms with Gasteiger partial charge >= 0.3 is 0 Å². The maximum atomic E-state index is 12.8. The van der Waals surface area contributed by atoms with E-state index < -0.39 is 10.0 Å². The Morgan fingerprint density at radius 3 is 2.45 bits per heavy atom. The van der Waals surface area contributed by atoms with Crippen LogP contribution < -0.4 is 5.32 Å². The molecule has 1 aliphatic heterocycles. The number of carbonyl (C=O) groups is 1. The number of sulfonamides is 1. The molecule has 7 nitrogen and oxygen atoms in total. The van der Waals surface area contributed by atoms with Crippen molar-refractivity contribution in [2.75, 3.05) is 18.4 Å². The highest BCUT2D eigenvalue weighted by atomic mass is 35.5. The van der Waals surface area contributed by atoms with Gasteiger partial charge in [0.1, 0.15) is 5.01 Å². The minimum atomic E-state index is -3.60. The van der Waals surface area contributed by atoms with Crippen LogP contribution in [0.2, 0.25) is 5.02 Å². The molecule has 1 amide bonds. The van der Waals surface area contributed by atoms with Crippen LogP contribution in [0.1, 0.15) is 18.4 Å². The van der Waals surface area contributed by atoms with Crippen LogP contribution in [0.15, 0.2) is 53.4 Å².